The minimum absolute atomic E-state index is 0.246. The first-order chi connectivity index (χ1) is 13.4. The van der Waals surface area contributed by atoms with Crippen LogP contribution in [0.2, 0.25) is 0 Å². The first-order valence-corrected chi connectivity index (χ1v) is 9.76. The Bertz CT molecular complexity index is 968. The van der Waals surface area contributed by atoms with Gasteiger partial charge in [-0.05, 0) is 48.0 Å². The minimum atomic E-state index is -0.597. The molecule has 0 radical (unpaired) electrons. The number of nitrogens with zero attached hydrogens (tertiary/aromatic N) is 1. The van der Waals surface area contributed by atoms with Crippen molar-refractivity contribution in [2.75, 3.05) is 13.7 Å². The molecule has 1 aliphatic rings. The lowest BCUT2D eigenvalue weighted by Crippen LogP contribution is -2.35. The van der Waals surface area contributed by atoms with Crippen molar-refractivity contribution >= 4 is 45.7 Å². The molecule has 0 N–H and O–H groups in total. The van der Waals surface area contributed by atoms with Gasteiger partial charge < -0.3 is 9.47 Å². The van der Waals surface area contributed by atoms with Gasteiger partial charge in [0, 0.05) is 5.56 Å². The largest absolute Gasteiger partial charge is 0.496 e. The van der Waals surface area contributed by atoms with Crippen LogP contribution in [0.4, 0.5) is 4.79 Å². The van der Waals surface area contributed by atoms with Crippen LogP contribution in [0, 0.1) is 0 Å². The lowest BCUT2D eigenvalue weighted by atomic mass is 10.0. The number of methoxy groups -OCH3 is 1. The van der Waals surface area contributed by atoms with E-state index >= 15 is 0 Å². The number of benzene rings is 2. The van der Waals surface area contributed by atoms with Crippen LogP contribution >= 0.6 is 11.8 Å². The fourth-order valence-electron chi connectivity index (χ4n) is 2.84. The summed E-state index contributed by atoms with van der Waals surface area (Å²) in [5, 5.41) is 1.41. The molecule has 2 amide bonds. The average Bonchev–Trinajstić information content (AvgIpc) is 2.95. The van der Waals surface area contributed by atoms with Crippen molar-refractivity contribution < 1.29 is 23.9 Å². The molecule has 7 heteroatoms. The van der Waals surface area contributed by atoms with Gasteiger partial charge in [0.1, 0.15) is 12.3 Å². The number of carbonyl (C=O) groups excluding carboxylic acids is 3. The number of esters is 1. The second-order valence-corrected chi connectivity index (χ2v) is 7.37. The second kappa shape index (κ2) is 8.48. The first-order valence-electron chi connectivity index (χ1n) is 8.95. The highest BCUT2D eigenvalue weighted by Crippen LogP contribution is 2.36. The maximum absolute atomic E-state index is 12.7. The third-order valence-electron chi connectivity index (χ3n) is 4.49. The molecule has 0 bridgehead atoms. The molecule has 0 aliphatic carbocycles. The molecule has 1 fully saturated rings. The third-order valence-corrected chi connectivity index (χ3v) is 5.40. The number of hydrogen-bond donors (Lipinski definition) is 0. The number of thioether (sulfide) groups is 1. The van der Waals surface area contributed by atoms with E-state index in [0.717, 1.165) is 27.4 Å². The van der Waals surface area contributed by atoms with Gasteiger partial charge in [-0.1, -0.05) is 37.3 Å². The highest BCUT2D eigenvalue weighted by molar-refractivity contribution is 8.18. The molecule has 1 saturated heterocycles. The molecule has 146 valence electrons. The van der Waals surface area contributed by atoms with Gasteiger partial charge in [-0.15, -0.1) is 0 Å². The maximum Gasteiger partial charge on any atom is 0.326 e. The quantitative estimate of drug-likeness (QED) is 0.535. The topological polar surface area (TPSA) is 72.9 Å². The highest BCUT2D eigenvalue weighted by atomic mass is 32.2. The number of amides is 2. The van der Waals surface area contributed by atoms with Gasteiger partial charge in [0.25, 0.3) is 11.1 Å². The normalized spacial score (nSPS) is 16.7. The summed E-state index contributed by atoms with van der Waals surface area (Å²) in [6.07, 6.45) is 2.04. The van der Waals surface area contributed by atoms with Crippen molar-refractivity contribution in [2.45, 2.75) is 26.4 Å². The van der Waals surface area contributed by atoms with Crippen molar-refractivity contribution in [3.05, 3.63) is 46.9 Å². The van der Waals surface area contributed by atoms with E-state index in [1.165, 1.54) is 0 Å². The summed E-state index contributed by atoms with van der Waals surface area (Å²) in [5.74, 6) is -0.506. The first kappa shape index (κ1) is 19.9. The second-order valence-electron chi connectivity index (χ2n) is 6.38. The molecular formula is C21H21NO5S. The van der Waals surface area contributed by atoms with Crippen molar-refractivity contribution in [3.63, 3.8) is 0 Å². The molecule has 0 saturated carbocycles. The summed E-state index contributed by atoms with van der Waals surface area (Å²) in [4.78, 5) is 38.1. The van der Waals surface area contributed by atoms with E-state index in [4.69, 9.17) is 9.47 Å². The Kier molecular flexibility index (Phi) is 6.04. The van der Waals surface area contributed by atoms with Gasteiger partial charge in [-0.3, -0.25) is 19.3 Å². The average molecular weight is 399 g/mol. The Morgan fingerprint density at radius 1 is 1.21 bits per heavy atom. The summed E-state index contributed by atoms with van der Waals surface area (Å²) in [5.41, 5.74) is 0.716. The lowest BCUT2D eigenvalue weighted by molar-refractivity contribution is -0.150. The molecule has 2 aromatic rings. The number of rotatable bonds is 6. The third kappa shape index (κ3) is 4.04. The van der Waals surface area contributed by atoms with Gasteiger partial charge in [-0.25, -0.2) is 0 Å². The lowest BCUT2D eigenvalue weighted by Gasteiger charge is -2.15. The summed E-state index contributed by atoms with van der Waals surface area (Å²) in [6, 6.07) is 11.5. The highest BCUT2D eigenvalue weighted by Gasteiger charge is 2.37. The van der Waals surface area contributed by atoms with Crippen molar-refractivity contribution in [2.24, 2.45) is 0 Å². The monoisotopic (exact) mass is 399 g/mol. The van der Waals surface area contributed by atoms with E-state index in [2.05, 4.69) is 0 Å². The SMILES string of the molecule is CC[C@H](C)OC(=O)CN1C(=O)S/C(=C/c2c(OC)ccc3ccccc23)C1=O. The van der Waals surface area contributed by atoms with Crippen LogP contribution in [-0.2, 0) is 14.3 Å². The van der Waals surface area contributed by atoms with Crippen LogP contribution in [0.1, 0.15) is 25.8 Å². The molecule has 28 heavy (non-hydrogen) atoms. The fraction of sp³-hybridized carbons (Fsp3) is 0.286. The van der Waals surface area contributed by atoms with Crippen molar-refractivity contribution in [1.29, 1.82) is 0 Å². The molecular weight excluding hydrogens is 378 g/mol. The predicted molar refractivity (Wildman–Crippen MR) is 109 cm³/mol. The number of hydrogen-bond acceptors (Lipinski definition) is 6. The fourth-order valence-corrected chi connectivity index (χ4v) is 3.66. The van der Waals surface area contributed by atoms with Gasteiger partial charge in [-0.2, -0.15) is 0 Å². The maximum atomic E-state index is 12.7. The smallest absolute Gasteiger partial charge is 0.326 e. The van der Waals surface area contributed by atoms with E-state index in [1.54, 1.807) is 20.1 Å². The van der Waals surface area contributed by atoms with Crippen molar-refractivity contribution in [1.82, 2.24) is 4.90 Å². The molecule has 1 atom stereocenters. The number of carbonyl (C=O) groups is 3. The Morgan fingerprint density at radius 3 is 2.68 bits per heavy atom. The number of ether oxygens (including phenoxy) is 2. The zero-order chi connectivity index (χ0) is 20.3. The van der Waals surface area contributed by atoms with E-state index in [9.17, 15) is 14.4 Å². The summed E-state index contributed by atoms with van der Waals surface area (Å²) >= 11 is 0.806. The molecule has 1 aliphatic heterocycles. The zero-order valence-corrected chi connectivity index (χ0v) is 16.7. The number of fused-ring (bicyclic) bond motifs is 1. The van der Waals surface area contributed by atoms with Crippen LogP contribution in [0.3, 0.4) is 0 Å². The Morgan fingerprint density at radius 2 is 1.96 bits per heavy atom. The number of imide groups is 1. The summed E-state index contributed by atoms with van der Waals surface area (Å²) < 4.78 is 10.6. The van der Waals surface area contributed by atoms with E-state index in [0.29, 0.717) is 17.7 Å². The van der Waals surface area contributed by atoms with Gasteiger partial charge in [0.2, 0.25) is 0 Å². The Labute approximate surface area is 167 Å². The summed E-state index contributed by atoms with van der Waals surface area (Å²) in [7, 11) is 1.55. The summed E-state index contributed by atoms with van der Waals surface area (Å²) in [6.45, 7) is 3.26. The van der Waals surface area contributed by atoms with E-state index in [-0.39, 0.29) is 17.6 Å². The minimum Gasteiger partial charge on any atom is -0.496 e. The molecule has 0 spiro atoms. The van der Waals surface area contributed by atoms with Gasteiger partial charge in [0.15, 0.2) is 0 Å². The van der Waals surface area contributed by atoms with Gasteiger partial charge in [0.05, 0.1) is 18.1 Å². The molecule has 1 heterocycles. The Balaban J connectivity index is 1.90. The molecule has 3 rings (SSSR count). The van der Waals surface area contributed by atoms with Crippen LogP contribution < -0.4 is 4.74 Å². The molecule has 6 nitrogen and oxygen atoms in total. The van der Waals surface area contributed by atoms with Gasteiger partial charge >= 0.3 is 5.97 Å². The van der Waals surface area contributed by atoms with Crippen molar-refractivity contribution in [3.8, 4) is 5.75 Å². The zero-order valence-electron chi connectivity index (χ0n) is 15.9. The van der Waals surface area contributed by atoms with Crippen LogP contribution in [0.25, 0.3) is 16.8 Å². The molecule has 0 unspecified atom stereocenters. The van der Waals surface area contributed by atoms with E-state index < -0.39 is 17.1 Å². The molecule has 0 aromatic heterocycles. The standard InChI is InChI=1S/C21H21NO5S/c1-4-13(2)27-19(23)12-22-20(24)18(28-21(22)25)11-16-15-8-6-5-7-14(15)9-10-17(16)26-3/h5-11,13H,4,12H2,1-3H3/b18-11+/t13-/m0/s1. The van der Waals surface area contributed by atoms with E-state index in [1.807, 2.05) is 43.3 Å². The molecule has 2 aromatic carbocycles. The van der Waals surface area contributed by atoms with Crippen LogP contribution in [-0.4, -0.2) is 41.8 Å². The Hall–Kier alpha value is -2.80. The predicted octanol–water partition coefficient (Wildman–Crippen LogP) is 4.23. The van der Waals surface area contributed by atoms with Crippen LogP contribution in [0.5, 0.6) is 5.75 Å². The van der Waals surface area contributed by atoms with Crippen LogP contribution in [0.15, 0.2) is 41.3 Å².